The summed E-state index contributed by atoms with van der Waals surface area (Å²) in [5, 5.41) is 2.68. The third-order valence-corrected chi connectivity index (χ3v) is 6.05. The van der Waals surface area contributed by atoms with E-state index >= 15 is 0 Å². The number of anilines is 1. The van der Waals surface area contributed by atoms with Crippen LogP contribution in [0.4, 0.5) is 14.5 Å². The lowest BCUT2D eigenvalue weighted by atomic mass is 9.89. The van der Waals surface area contributed by atoms with Gasteiger partial charge >= 0.3 is 0 Å². The van der Waals surface area contributed by atoms with Gasteiger partial charge in [0.05, 0.1) is 0 Å². The van der Waals surface area contributed by atoms with Gasteiger partial charge < -0.3 is 16.0 Å². The Labute approximate surface area is 180 Å². The van der Waals surface area contributed by atoms with Crippen LogP contribution < -0.4 is 11.1 Å². The fourth-order valence-electron chi connectivity index (χ4n) is 4.28. The first-order chi connectivity index (χ1) is 14.9. The van der Waals surface area contributed by atoms with Gasteiger partial charge in [-0.2, -0.15) is 0 Å². The first kappa shape index (κ1) is 21.4. The molecule has 2 unspecified atom stereocenters. The van der Waals surface area contributed by atoms with E-state index in [0.29, 0.717) is 12.2 Å². The van der Waals surface area contributed by atoms with E-state index in [-0.39, 0.29) is 29.5 Å². The number of nitrogens with zero attached hydrogens (tertiary/aromatic N) is 1. The zero-order chi connectivity index (χ0) is 22.0. The molecule has 0 radical (unpaired) electrons. The summed E-state index contributed by atoms with van der Waals surface area (Å²) in [5.74, 6) is -1.96. The van der Waals surface area contributed by atoms with Crippen molar-refractivity contribution >= 4 is 17.5 Å². The molecule has 0 heterocycles. The lowest BCUT2D eigenvalue weighted by Gasteiger charge is -2.38. The number of amides is 2. The van der Waals surface area contributed by atoms with Crippen LogP contribution >= 0.6 is 0 Å². The smallest absolute Gasteiger partial charge is 0.255 e. The van der Waals surface area contributed by atoms with Gasteiger partial charge in [-0.15, -0.1) is 0 Å². The quantitative estimate of drug-likeness (QED) is 0.725. The molecule has 31 heavy (non-hydrogen) atoms. The van der Waals surface area contributed by atoms with Crippen LogP contribution in [-0.4, -0.2) is 28.8 Å². The van der Waals surface area contributed by atoms with Gasteiger partial charge in [-0.05, 0) is 55.5 Å². The topological polar surface area (TPSA) is 75.4 Å². The maximum atomic E-state index is 13.4. The van der Waals surface area contributed by atoms with Crippen molar-refractivity contribution in [2.24, 2.45) is 11.7 Å². The molecule has 0 bridgehead atoms. The molecule has 2 saturated carbocycles. The van der Waals surface area contributed by atoms with Crippen molar-refractivity contribution in [1.29, 1.82) is 0 Å². The van der Waals surface area contributed by atoms with Gasteiger partial charge in [0.2, 0.25) is 5.91 Å². The molecule has 0 aromatic heterocycles. The van der Waals surface area contributed by atoms with Crippen molar-refractivity contribution in [2.75, 3.05) is 5.32 Å². The summed E-state index contributed by atoms with van der Waals surface area (Å²) < 4.78 is 26.8. The Morgan fingerprint density at radius 2 is 1.71 bits per heavy atom. The summed E-state index contributed by atoms with van der Waals surface area (Å²) in [4.78, 5) is 27.3. The lowest BCUT2D eigenvalue weighted by molar-refractivity contribution is -0.136. The Morgan fingerprint density at radius 1 is 1.00 bits per heavy atom. The maximum absolute atomic E-state index is 13.4. The highest BCUT2D eigenvalue weighted by atomic mass is 19.1. The average molecular weight is 427 g/mol. The van der Waals surface area contributed by atoms with Gasteiger partial charge in [0.25, 0.3) is 5.91 Å². The highest BCUT2D eigenvalue weighted by molar-refractivity contribution is 6.04. The standard InChI is InChI=1S/C24H27F2N3O2/c25-18-11-17(12-19(26)13-18)23(30)28-20-5-3-4-15(10-20)14-29(24(31)16-8-9-16)22-7-2-1-6-21(22)27/h3-5,10-13,16,21-22H,1-2,6-9,14,27H2,(H,28,30). The second-order valence-corrected chi connectivity index (χ2v) is 8.57. The average Bonchev–Trinajstić information content (AvgIpc) is 3.57. The molecule has 0 spiro atoms. The molecule has 2 fully saturated rings. The van der Waals surface area contributed by atoms with E-state index in [1.54, 1.807) is 18.2 Å². The summed E-state index contributed by atoms with van der Waals surface area (Å²) in [5.41, 5.74) is 7.64. The van der Waals surface area contributed by atoms with Gasteiger partial charge in [0.1, 0.15) is 11.6 Å². The molecule has 2 aromatic carbocycles. The minimum absolute atomic E-state index is 0.0235. The highest BCUT2D eigenvalue weighted by Gasteiger charge is 2.38. The van der Waals surface area contributed by atoms with E-state index in [2.05, 4.69) is 5.32 Å². The monoisotopic (exact) mass is 427 g/mol. The Balaban J connectivity index is 1.50. The SMILES string of the molecule is NC1CCCCC1N(Cc1cccc(NC(=O)c2cc(F)cc(F)c2)c1)C(=O)C1CC1. The maximum Gasteiger partial charge on any atom is 0.255 e. The van der Waals surface area contributed by atoms with Crippen molar-refractivity contribution in [1.82, 2.24) is 4.90 Å². The molecular formula is C24H27F2N3O2. The van der Waals surface area contributed by atoms with Crippen LogP contribution in [0.25, 0.3) is 0 Å². The van der Waals surface area contributed by atoms with Crippen molar-refractivity contribution in [3.8, 4) is 0 Å². The number of carbonyl (C=O) groups is 2. The molecule has 5 nitrogen and oxygen atoms in total. The highest BCUT2D eigenvalue weighted by Crippen LogP contribution is 2.34. The summed E-state index contributed by atoms with van der Waals surface area (Å²) in [6.45, 7) is 0.423. The third kappa shape index (κ3) is 5.28. The Hall–Kier alpha value is -2.80. The van der Waals surface area contributed by atoms with E-state index in [1.165, 1.54) is 0 Å². The molecule has 7 heteroatoms. The van der Waals surface area contributed by atoms with Crippen LogP contribution in [-0.2, 0) is 11.3 Å². The normalized spacial score (nSPS) is 20.9. The zero-order valence-electron chi connectivity index (χ0n) is 17.3. The number of halogens is 2. The number of carbonyl (C=O) groups excluding carboxylic acids is 2. The van der Waals surface area contributed by atoms with Crippen LogP contribution in [0.15, 0.2) is 42.5 Å². The largest absolute Gasteiger partial charge is 0.334 e. The van der Waals surface area contributed by atoms with Gasteiger partial charge in [-0.25, -0.2) is 8.78 Å². The summed E-state index contributed by atoms with van der Waals surface area (Å²) in [6, 6.07) is 9.88. The number of nitrogens with one attached hydrogen (secondary N) is 1. The fraction of sp³-hybridized carbons (Fsp3) is 0.417. The molecule has 0 aliphatic heterocycles. The van der Waals surface area contributed by atoms with Gasteiger partial charge in [-0.1, -0.05) is 25.0 Å². The number of hydrogen-bond donors (Lipinski definition) is 2. The first-order valence-corrected chi connectivity index (χ1v) is 10.8. The van der Waals surface area contributed by atoms with Crippen LogP contribution in [0.5, 0.6) is 0 Å². The minimum Gasteiger partial charge on any atom is -0.334 e. The molecule has 0 saturated heterocycles. The van der Waals surface area contributed by atoms with Gasteiger partial charge in [0, 0.05) is 41.9 Å². The number of benzene rings is 2. The fourth-order valence-corrected chi connectivity index (χ4v) is 4.28. The molecule has 164 valence electrons. The van der Waals surface area contributed by atoms with Gasteiger partial charge in [0.15, 0.2) is 0 Å². The first-order valence-electron chi connectivity index (χ1n) is 10.8. The Morgan fingerprint density at radius 3 is 2.39 bits per heavy atom. The Kier molecular flexibility index (Phi) is 6.32. The molecule has 2 atom stereocenters. The van der Waals surface area contributed by atoms with E-state index in [0.717, 1.165) is 62.3 Å². The van der Waals surface area contributed by atoms with Crippen LogP contribution in [0.1, 0.15) is 54.4 Å². The second-order valence-electron chi connectivity index (χ2n) is 8.57. The molecule has 2 aromatic rings. The predicted octanol–water partition coefficient (Wildman–Crippen LogP) is 4.23. The van der Waals surface area contributed by atoms with Crippen LogP contribution in [0, 0.1) is 17.6 Å². The van der Waals surface area contributed by atoms with E-state index in [9.17, 15) is 18.4 Å². The predicted molar refractivity (Wildman–Crippen MR) is 114 cm³/mol. The number of nitrogens with two attached hydrogens (primary N) is 1. The van der Waals surface area contributed by atoms with Crippen LogP contribution in [0.3, 0.4) is 0 Å². The second kappa shape index (κ2) is 9.14. The van der Waals surface area contributed by atoms with E-state index < -0.39 is 17.5 Å². The number of hydrogen-bond acceptors (Lipinski definition) is 3. The summed E-state index contributed by atoms with van der Waals surface area (Å²) in [6.07, 6.45) is 5.83. The molecule has 2 aliphatic carbocycles. The lowest BCUT2D eigenvalue weighted by Crippen LogP contribution is -2.52. The molecule has 2 amide bonds. The molecule has 3 N–H and O–H groups in total. The molecule has 2 aliphatic rings. The summed E-state index contributed by atoms with van der Waals surface area (Å²) >= 11 is 0. The van der Waals surface area contributed by atoms with Crippen molar-refractivity contribution in [3.05, 3.63) is 65.2 Å². The van der Waals surface area contributed by atoms with E-state index in [1.807, 2.05) is 11.0 Å². The summed E-state index contributed by atoms with van der Waals surface area (Å²) in [7, 11) is 0. The number of rotatable bonds is 6. The molecule has 4 rings (SSSR count). The van der Waals surface area contributed by atoms with Crippen LogP contribution in [0.2, 0.25) is 0 Å². The minimum atomic E-state index is -0.808. The van der Waals surface area contributed by atoms with Crippen molar-refractivity contribution in [3.63, 3.8) is 0 Å². The van der Waals surface area contributed by atoms with E-state index in [4.69, 9.17) is 5.73 Å². The molecular weight excluding hydrogens is 400 g/mol. The Bertz CT molecular complexity index is 957. The van der Waals surface area contributed by atoms with Gasteiger partial charge in [-0.3, -0.25) is 9.59 Å². The third-order valence-electron chi connectivity index (χ3n) is 6.05. The van der Waals surface area contributed by atoms with Crippen molar-refractivity contribution < 1.29 is 18.4 Å². The zero-order valence-corrected chi connectivity index (χ0v) is 17.3. The van der Waals surface area contributed by atoms with Crippen molar-refractivity contribution in [2.45, 2.75) is 57.2 Å².